The van der Waals surface area contributed by atoms with Gasteiger partial charge in [-0.05, 0) is 82.9 Å². The topological polar surface area (TPSA) is 187 Å². The molecule has 0 aliphatic carbocycles. The lowest BCUT2D eigenvalue weighted by molar-refractivity contribution is -0.158. The SMILES string of the molecule is Cc1cc(C)cc(C[C@H](NC(=O)Nc2ccccc2)C(=O)N[C@H]2COC(=O)[C@@H]3C[C@@H](C)CN3C(=O)[C@H](C)NC(=O)[C@@H]3CCCCN3C(=O)[C@@H]3CCCN3C2=O)c1. The van der Waals surface area contributed by atoms with Crippen molar-refractivity contribution in [2.45, 2.75) is 109 Å². The van der Waals surface area contributed by atoms with Gasteiger partial charge in [0.2, 0.25) is 29.5 Å². The highest BCUT2D eigenvalue weighted by Gasteiger charge is 2.46. The van der Waals surface area contributed by atoms with E-state index in [0.29, 0.717) is 50.8 Å². The number of aryl methyl sites for hydroxylation is 2. The van der Waals surface area contributed by atoms with Gasteiger partial charge in [-0.2, -0.15) is 0 Å². The summed E-state index contributed by atoms with van der Waals surface area (Å²) >= 11 is 0. The molecule has 0 bridgehead atoms. The van der Waals surface area contributed by atoms with Crippen molar-refractivity contribution in [2.75, 3.05) is 31.6 Å². The average molecular weight is 772 g/mol. The molecule has 15 heteroatoms. The summed E-state index contributed by atoms with van der Waals surface area (Å²) in [6, 6.07) is 7.64. The Bertz CT molecular complexity index is 1820. The standard InChI is InChI=1S/C41H53N7O8/c1-24-17-25(2)19-28(18-24)21-30(45-41(55)43-29-11-6-5-7-12-29)35(49)44-31-23-56-40(54)34-20-26(3)22-48(34)37(51)27(4)42-36(50)32-13-8-9-15-46(32)39(53)33-14-10-16-47(33)38(31)52/h5-7,11-12,17-19,26-27,30-34H,8-10,13-16,20-23H2,1-4H3,(H,42,50)(H,44,49)(H2,43,45,55)/t26-,27+,30+,31+,32+,33+,34+/m1/s1. The number of nitrogens with zero attached hydrogens (tertiary/aromatic N) is 3. The number of hydrogen-bond donors (Lipinski definition) is 4. The Balaban J connectivity index is 1.31. The monoisotopic (exact) mass is 771 g/mol. The summed E-state index contributed by atoms with van der Waals surface area (Å²) < 4.78 is 5.77. The maximum Gasteiger partial charge on any atom is 0.328 e. The summed E-state index contributed by atoms with van der Waals surface area (Å²) in [7, 11) is 0. The number of amides is 7. The zero-order valence-corrected chi connectivity index (χ0v) is 32.5. The molecule has 300 valence electrons. The molecule has 0 radical (unpaired) electrons. The van der Waals surface area contributed by atoms with Gasteiger partial charge in [0.25, 0.3) is 0 Å². The Morgan fingerprint density at radius 3 is 2.23 bits per heavy atom. The van der Waals surface area contributed by atoms with Crippen LogP contribution in [0.25, 0.3) is 0 Å². The fraction of sp³-hybridized carbons (Fsp3) is 0.537. The predicted molar refractivity (Wildman–Crippen MR) is 206 cm³/mol. The zero-order valence-electron chi connectivity index (χ0n) is 32.5. The van der Waals surface area contributed by atoms with Crippen LogP contribution in [0.2, 0.25) is 0 Å². The van der Waals surface area contributed by atoms with Crippen LogP contribution in [0.4, 0.5) is 10.5 Å². The van der Waals surface area contributed by atoms with Crippen molar-refractivity contribution in [1.29, 1.82) is 0 Å². The van der Waals surface area contributed by atoms with E-state index in [2.05, 4.69) is 21.3 Å². The highest BCUT2D eigenvalue weighted by molar-refractivity contribution is 5.98. The molecule has 4 aliphatic rings. The average Bonchev–Trinajstić information content (AvgIpc) is 3.82. The molecule has 4 N–H and O–H groups in total. The lowest BCUT2D eigenvalue weighted by Crippen LogP contribution is -2.62. The molecule has 0 unspecified atom stereocenters. The summed E-state index contributed by atoms with van der Waals surface area (Å²) in [6.07, 6.45) is 3.04. The number of fused-ring (bicyclic) bond motifs is 3. The molecule has 2 aromatic carbocycles. The Labute approximate surface area is 327 Å². The molecular weight excluding hydrogens is 718 g/mol. The van der Waals surface area contributed by atoms with E-state index in [9.17, 15) is 33.6 Å². The summed E-state index contributed by atoms with van der Waals surface area (Å²) in [6.45, 7) is 7.55. The first-order valence-corrected chi connectivity index (χ1v) is 19.7. The van der Waals surface area contributed by atoms with Crippen LogP contribution in [-0.2, 0) is 39.9 Å². The molecule has 0 saturated carbocycles. The maximum absolute atomic E-state index is 14.5. The molecule has 4 saturated heterocycles. The minimum atomic E-state index is -1.43. The van der Waals surface area contributed by atoms with Gasteiger partial charge in [0.1, 0.15) is 42.9 Å². The van der Waals surface area contributed by atoms with Crippen LogP contribution in [0.15, 0.2) is 48.5 Å². The molecule has 4 aliphatic heterocycles. The molecule has 15 nitrogen and oxygen atoms in total. The maximum atomic E-state index is 14.5. The zero-order chi connectivity index (χ0) is 40.1. The van der Waals surface area contributed by atoms with Crippen LogP contribution in [-0.4, -0.2) is 119 Å². The largest absolute Gasteiger partial charge is 0.461 e. The predicted octanol–water partition coefficient (Wildman–Crippen LogP) is 2.19. The van der Waals surface area contributed by atoms with Gasteiger partial charge in [-0.3, -0.25) is 24.0 Å². The summed E-state index contributed by atoms with van der Waals surface area (Å²) in [5.41, 5.74) is 3.22. The van der Waals surface area contributed by atoms with E-state index < -0.39 is 78.5 Å². The van der Waals surface area contributed by atoms with E-state index in [-0.39, 0.29) is 31.3 Å². The Morgan fingerprint density at radius 1 is 0.821 bits per heavy atom. The molecule has 56 heavy (non-hydrogen) atoms. The van der Waals surface area contributed by atoms with Crippen LogP contribution in [0, 0.1) is 19.8 Å². The van der Waals surface area contributed by atoms with E-state index in [0.717, 1.165) is 16.7 Å². The van der Waals surface area contributed by atoms with Gasteiger partial charge in [-0.1, -0.05) is 54.4 Å². The number of piperidine rings is 1. The second-order valence-corrected chi connectivity index (χ2v) is 15.7. The number of nitrogens with one attached hydrogen (secondary N) is 4. The molecule has 0 aromatic heterocycles. The van der Waals surface area contributed by atoms with Gasteiger partial charge in [-0.25, -0.2) is 9.59 Å². The minimum absolute atomic E-state index is 0.0467. The minimum Gasteiger partial charge on any atom is -0.461 e. The first-order chi connectivity index (χ1) is 26.8. The molecule has 4 heterocycles. The molecule has 6 rings (SSSR count). The Kier molecular flexibility index (Phi) is 12.6. The first kappa shape index (κ1) is 40.2. The third-order valence-corrected chi connectivity index (χ3v) is 11.1. The van der Waals surface area contributed by atoms with Gasteiger partial charge < -0.3 is 40.7 Å². The number of para-hydroxylation sites is 1. The number of carbonyl (C=O) groups excluding carboxylic acids is 7. The van der Waals surface area contributed by atoms with E-state index >= 15 is 0 Å². The van der Waals surface area contributed by atoms with Crippen molar-refractivity contribution in [1.82, 2.24) is 30.7 Å². The van der Waals surface area contributed by atoms with Gasteiger partial charge >= 0.3 is 12.0 Å². The summed E-state index contributed by atoms with van der Waals surface area (Å²) in [5, 5.41) is 11.1. The van der Waals surface area contributed by atoms with Gasteiger partial charge in [0, 0.05) is 31.7 Å². The van der Waals surface area contributed by atoms with Crippen molar-refractivity contribution < 1.29 is 38.3 Å². The number of carbonyl (C=O) groups is 7. The van der Waals surface area contributed by atoms with Crippen molar-refractivity contribution in [2.24, 2.45) is 5.92 Å². The third kappa shape index (κ3) is 9.31. The lowest BCUT2D eigenvalue weighted by atomic mass is 9.99. The van der Waals surface area contributed by atoms with Gasteiger partial charge in [0.15, 0.2) is 0 Å². The number of rotatable bonds is 6. The quantitative estimate of drug-likeness (QED) is 0.322. The van der Waals surface area contributed by atoms with E-state index in [1.54, 1.807) is 31.2 Å². The third-order valence-electron chi connectivity index (χ3n) is 11.1. The number of urea groups is 1. The smallest absolute Gasteiger partial charge is 0.328 e. The second kappa shape index (κ2) is 17.5. The van der Waals surface area contributed by atoms with Crippen LogP contribution in [0.3, 0.4) is 0 Å². The first-order valence-electron chi connectivity index (χ1n) is 19.7. The highest BCUT2D eigenvalue weighted by Crippen LogP contribution is 2.28. The number of hydrogen-bond acceptors (Lipinski definition) is 8. The Hall–Kier alpha value is -5.47. The normalized spacial score (nSPS) is 26.7. The lowest BCUT2D eigenvalue weighted by Gasteiger charge is -2.39. The van der Waals surface area contributed by atoms with Gasteiger partial charge in [0.05, 0.1) is 0 Å². The number of esters is 1. The van der Waals surface area contributed by atoms with Crippen LogP contribution >= 0.6 is 0 Å². The van der Waals surface area contributed by atoms with Crippen molar-refractivity contribution >= 4 is 47.2 Å². The van der Waals surface area contributed by atoms with Crippen molar-refractivity contribution in [3.8, 4) is 0 Å². The molecule has 2 aromatic rings. The van der Waals surface area contributed by atoms with Crippen LogP contribution < -0.4 is 21.3 Å². The number of anilines is 1. The van der Waals surface area contributed by atoms with Gasteiger partial charge in [-0.15, -0.1) is 0 Å². The molecule has 4 fully saturated rings. The van der Waals surface area contributed by atoms with Crippen LogP contribution in [0.1, 0.15) is 69.1 Å². The Morgan fingerprint density at radius 2 is 1.50 bits per heavy atom. The molecule has 7 amide bonds. The molecule has 0 spiro atoms. The van der Waals surface area contributed by atoms with E-state index in [1.807, 2.05) is 45.0 Å². The fourth-order valence-corrected chi connectivity index (χ4v) is 8.47. The number of benzene rings is 2. The summed E-state index contributed by atoms with van der Waals surface area (Å²) in [5.74, 6) is -3.43. The van der Waals surface area contributed by atoms with Crippen molar-refractivity contribution in [3.05, 3.63) is 65.2 Å². The number of cyclic esters (lactones) is 1. The summed E-state index contributed by atoms with van der Waals surface area (Å²) in [4.78, 5) is 102. The van der Waals surface area contributed by atoms with E-state index in [4.69, 9.17) is 4.74 Å². The van der Waals surface area contributed by atoms with Crippen LogP contribution in [0.5, 0.6) is 0 Å². The van der Waals surface area contributed by atoms with E-state index in [1.165, 1.54) is 14.7 Å². The van der Waals surface area contributed by atoms with Crippen molar-refractivity contribution in [3.63, 3.8) is 0 Å². The molecule has 7 atom stereocenters. The molecular formula is C41H53N7O8. The fourth-order valence-electron chi connectivity index (χ4n) is 8.47. The number of ether oxygens (including phenoxy) is 1. The highest BCUT2D eigenvalue weighted by atomic mass is 16.5. The second-order valence-electron chi connectivity index (χ2n) is 15.7.